The summed E-state index contributed by atoms with van der Waals surface area (Å²) >= 11 is 0. The number of carbonyl (C=O) groups is 3. The third-order valence-corrected chi connectivity index (χ3v) is 2.62. The summed E-state index contributed by atoms with van der Waals surface area (Å²) in [6, 6.07) is -0.480. The fourth-order valence-electron chi connectivity index (χ4n) is 1.77. The van der Waals surface area contributed by atoms with Gasteiger partial charge >= 0.3 is 12.0 Å². The van der Waals surface area contributed by atoms with Gasteiger partial charge in [0.05, 0.1) is 0 Å². The lowest BCUT2D eigenvalue weighted by molar-refractivity contribution is -0.138. The Balaban J connectivity index is 4.97. The van der Waals surface area contributed by atoms with Crippen molar-refractivity contribution in [1.29, 1.82) is 0 Å². The molecule has 8 nitrogen and oxygen atoms in total. The first-order valence-corrected chi connectivity index (χ1v) is 6.82. The number of nitrogens with two attached hydrogens (primary N) is 1. The van der Waals surface area contributed by atoms with Crippen molar-refractivity contribution in [3.05, 3.63) is 0 Å². The van der Waals surface area contributed by atoms with Crippen LogP contribution in [-0.4, -0.2) is 84.5 Å². The number of likely N-dealkylation sites (N-methyl/N-ethyl adjacent to an activating group) is 1. The summed E-state index contributed by atoms with van der Waals surface area (Å²) in [4.78, 5) is 38.7. The SMILES string of the molecule is CC(C)CN(CCN(C)C)C(=O)N(CC(N)=O)CC(=O)O. The first kappa shape index (κ1) is 19.2. The standard InChI is InChI=1S/C13H26N4O4/c1-10(2)7-16(6-5-15(3)4)13(21)17(8-11(14)18)9-12(19)20/h10H,5-9H2,1-4H3,(H2,14,18)(H,19,20). The Bertz CT molecular complexity index is 355. The molecule has 0 aliphatic carbocycles. The first-order valence-electron chi connectivity index (χ1n) is 6.82. The number of hydrogen-bond acceptors (Lipinski definition) is 4. The van der Waals surface area contributed by atoms with E-state index < -0.39 is 31.0 Å². The highest BCUT2D eigenvalue weighted by atomic mass is 16.4. The molecule has 0 aliphatic heterocycles. The number of aliphatic carboxylic acids is 1. The Morgan fingerprint density at radius 2 is 1.62 bits per heavy atom. The molecule has 0 heterocycles. The summed E-state index contributed by atoms with van der Waals surface area (Å²) in [5.74, 6) is -1.68. The molecule has 0 atom stereocenters. The minimum atomic E-state index is -1.18. The third-order valence-electron chi connectivity index (χ3n) is 2.62. The van der Waals surface area contributed by atoms with Crippen molar-refractivity contribution < 1.29 is 19.5 Å². The van der Waals surface area contributed by atoms with Crippen molar-refractivity contribution in [2.24, 2.45) is 11.7 Å². The summed E-state index contributed by atoms with van der Waals surface area (Å²) < 4.78 is 0. The normalized spacial score (nSPS) is 10.8. The number of nitrogens with zero attached hydrogens (tertiary/aromatic N) is 3. The van der Waals surface area contributed by atoms with E-state index in [1.165, 1.54) is 0 Å². The van der Waals surface area contributed by atoms with Crippen molar-refractivity contribution in [3.8, 4) is 0 Å². The van der Waals surface area contributed by atoms with E-state index in [1.54, 1.807) is 4.90 Å². The summed E-state index contributed by atoms with van der Waals surface area (Å²) in [5, 5.41) is 8.85. The molecular weight excluding hydrogens is 276 g/mol. The molecular formula is C13H26N4O4. The fraction of sp³-hybridized carbons (Fsp3) is 0.769. The Morgan fingerprint density at radius 3 is 2.00 bits per heavy atom. The highest BCUT2D eigenvalue weighted by molar-refractivity contribution is 5.86. The second-order valence-electron chi connectivity index (χ2n) is 5.64. The lowest BCUT2D eigenvalue weighted by Gasteiger charge is -2.31. The molecule has 0 radical (unpaired) electrons. The second-order valence-corrected chi connectivity index (χ2v) is 5.64. The Labute approximate surface area is 125 Å². The summed E-state index contributed by atoms with van der Waals surface area (Å²) in [6.45, 7) is 4.58. The lowest BCUT2D eigenvalue weighted by atomic mass is 10.2. The van der Waals surface area contributed by atoms with Crippen LogP contribution in [0.25, 0.3) is 0 Å². The molecule has 0 saturated carbocycles. The van der Waals surface area contributed by atoms with Gasteiger partial charge in [0, 0.05) is 19.6 Å². The van der Waals surface area contributed by atoms with Gasteiger partial charge in [-0.1, -0.05) is 13.8 Å². The van der Waals surface area contributed by atoms with E-state index in [0.29, 0.717) is 19.6 Å². The van der Waals surface area contributed by atoms with Gasteiger partial charge in [-0.05, 0) is 20.0 Å². The molecule has 0 aromatic carbocycles. The van der Waals surface area contributed by atoms with Crippen molar-refractivity contribution in [3.63, 3.8) is 0 Å². The summed E-state index contributed by atoms with van der Waals surface area (Å²) in [5.41, 5.74) is 5.08. The van der Waals surface area contributed by atoms with Crippen molar-refractivity contribution >= 4 is 17.9 Å². The van der Waals surface area contributed by atoms with E-state index in [9.17, 15) is 14.4 Å². The second kappa shape index (κ2) is 9.17. The molecule has 0 rings (SSSR count). The van der Waals surface area contributed by atoms with E-state index in [1.807, 2.05) is 32.8 Å². The first-order chi connectivity index (χ1) is 9.63. The van der Waals surface area contributed by atoms with Crippen molar-refractivity contribution in [2.75, 3.05) is 46.8 Å². The molecule has 0 aromatic rings. The number of amides is 3. The van der Waals surface area contributed by atoms with E-state index in [2.05, 4.69) is 0 Å². The molecule has 0 unspecified atom stereocenters. The quantitative estimate of drug-likeness (QED) is 0.597. The Morgan fingerprint density at radius 1 is 1.05 bits per heavy atom. The average Bonchev–Trinajstić information content (AvgIpc) is 2.30. The third kappa shape index (κ3) is 8.85. The largest absolute Gasteiger partial charge is 0.480 e. The number of rotatable bonds is 9. The van der Waals surface area contributed by atoms with Crippen LogP contribution >= 0.6 is 0 Å². The summed E-state index contributed by atoms with van der Waals surface area (Å²) in [6.07, 6.45) is 0. The van der Waals surface area contributed by atoms with Gasteiger partial charge in [-0.2, -0.15) is 0 Å². The van der Waals surface area contributed by atoms with Crippen LogP contribution < -0.4 is 5.73 Å². The zero-order chi connectivity index (χ0) is 16.6. The maximum Gasteiger partial charge on any atom is 0.323 e. The molecule has 0 fully saturated rings. The van der Waals surface area contributed by atoms with Gasteiger partial charge in [0.25, 0.3) is 0 Å². The van der Waals surface area contributed by atoms with Gasteiger partial charge in [0.2, 0.25) is 5.91 Å². The van der Waals surface area contributed by atoms with Gasteiger partial charge in [0.1, 0.15) is 13.1 Å². The van der Waals surface area contributed by atoms with E-state index in [-0.39, 0.29) is 5.92 Å². The monoisotopic (exact) mass is 302 g/mol. The predicted octanol–water partition coefficient (Wildman–Crippen LogP) is -0.502. The number of carbonyl (C=O) groups excluding carboxylic acids is 2. The van der Waals surface area contributed by atoms with Crippen molar-refractivity contribution in [1.82, 2.24) is 14.7 Å². The number of primary amides is 1. The number of carboxylic acid groups (broad SMARTS) is 1. The number of carboxylic acids is 1. The highest BCUT2D eigenvalue weighted by Crippen LogP contribution is 2.05. The molecule has 0 aromatic heterocycles. The van der Waals surface area contributed by atoms with Gasteiger partial charge < -0.3 is 25.5 Å². The van der Waals surface area contributed by atoms with Crippen molar-refractivity contribution in [2.45, 2.75) is 13.8 Å². The van der Waals surface area contributed by atoms with Crippen LogP contribution in [0.5, 0.6) is 0 Å². The molecule has 122 valence electrons. The number of hydrogen-bond donors (Lipinski definition) is 2. The molecule has 3 amide bonds. The maximum absolute atomic E-state index is 12.4. The highest BCUT2D eigenvalue weighted by Gasteiger charge is 2.24. The van der Waals surface area contributed by atoms with E-state index in [0.717, 1.165) is 4.90 Å². The summed E-state index contributed by atoms with van der Waals surface area (Å²) in [7, 11) is 3.77. The molecule has 0 saturated heterocycles. The zero-order valence-corrected chi connectivity index (χ0v) is 13.2. The van der Waals surface area contributed by atoms with Crippen LogP contribution in [-0.2, 0) is 9.59 Å². The molecule has 3 N–H and O–H groups in total. The molecule has 0 aliphatic rings. The van der Waals surface area contributed by atoms with Crippen LogP contribution in [0.15, 0.2) is 0 Å². The van der Waals surface area contributed by atoms with E-state index in [4.69, 9.17) is 10.8 Å². The smallest absolute Gasteiger partial charge is 0.323 e. The Kier molecular flexibility index (Phi) is 8.37. The zero-order valence-electron chi connectivity index (χ0n) is 13.2. The van der Waals surface area contributed by atoms with E-state index >= 15 is 0 Å². The van der Waals surface area contributed by atoms with Crippen LogP contribution in [0.2, 0.25) is 0 Å². The van der Waals surface area contributed by atoms with Crippen LogP contribution in [0.1, 0.15) is 13.8 Å². The Hall–Kier alpha value is -1.83. The van der Waals surface area contributed by atoms with Gasteiger partial charge in [-0.25, -0.2) is 4.79 Å². The average molecular weight is 302 g/mol. The molecule has 8 heteroatoms. The fourth-order valence-corrected chi connectivity index (χ4v) is 1.77. The molecule has 0 spiro atoms. The van der Waals surface area contributed by atoms with Crippen LogP contribution in [0.3, 0.4) is 0 Å². The predicted molar refractivity (Wildman–Crippen MR) is 78.8 cm³/mol. The number of urea groups is 1. The van der Waals surface area contributed by atoms with Gasteiger partial charge in [0.15, 0.2) is 0 Å². The lowest BCUT2D eigenvalue weighted by Crippen LogP contribution is -2.50. The topological polar surface area (TPSA) is 107 Å². The maximum atomic E-state index is 12.4. The van der Waals surface area contributed by atoms with Crippen LogP contribution in [0.4, 0.5) is 4.79 Å². The minimum absolute atomic E-state index is 0.233. The van der Waals surface area contributed by atoms with Gasteiger partial charge in [-0.15, -0.1) is 0 Å². The van der Waals surface area contributed by atoms with Gasteiger partial charge in [-0.3, -0.25) is 9.59 Å². The minimum Gasteiger partial charge on any atom is -0.480 e. The molecule has 0 bridgehead atoms. The molecule has 21 heavy (non-hydrogen) atoms. The van der Waals surface area contributed by atoms with Crippen LogP contribution in [0, 0.1) is 5.92 Å².